The van der Waals surface area contributed by atoms with Crippen molar-refractivity contribution in [3.8, 4) is 0 Å². The first-order valence-electron chi connectivity index (χ1n) is 10.7. The molecule has 2 aromatic rings. The Morgan fingerprint density at radius 2 is 1.09 bits per heavy atom. The van der Waals surface area contributed by atoms with Crippen molar-refractivity contribution in [1.29, 1.82) is 0 Å². The van der Waals surface area contributed by atoms with Gasteiger partial charge >= 0.3 is 0 Å². The molecule has 0 bridgehead atoms. The second-order valence-electron chi connectivity index (χ2n) is 8.43. The van der Waals surface area contributed by atoms with Gasteiger partial charge in [0.05, 0.1) is 21.9 Å². The van der Waals surface area contributed by atoms with Crippen LogP contribution in [0.4, 0.5) is 0 Å². The number of nitrogens with zero attached hydrogens (tertiary/aromatic N) is 2. The van der Waals surface area contributed by atoms with Gasteiger partial charge < -0.3 is 5.32 Å². The Labute approximate surface area is 197 Å². The Bertz CT molecular complexity index is 1100. The Morgan fingerprint density at radius 3 is 1.39 bits per heavy atom. The van der Waals surface area contributed by atoms with Gasteiger partial charge in [-0.2, -0.15) is 8.61 Å². The van der Waals surface area contributed by atoms with E-state index in [0.29, 0.717) is 24.2 Å². The van der Waals surface area contributed by atoms with E-state index >= 15 is 0 Å². The van der Waals surface area contributed by atoms with E-state index in [-0.39, 0.29) is 22.9 Å². The van der Waals surface area contributed by atoms with E-state index in [0.717, 1.165) is 0 Å². The van der Waals surface area contributed by atoms with Gasteiger partial charge in [-0.05, 0) is 38.1 Å². The van der Waals surface area contributed by atoms with Gasteiger partial charge in [0, 0.05) is 26.2 Å². The summed E-state index contributed by atoms with van der Waals surface area (Å²) in [5, 5.41) is 3.21. The minimum atomic E-state index is -3.90. The summed E-state index contributed by atoms with van der Waals surface area (Å²) in [5.74, 6) is 0. The lowest BCUT2D eigenvalue weighted by molar-refractivity contribution is 0.244. The average molecular weight is 490 g/mol. The molecule has 0 radical (unpaired) electrons. The number of hydrogen-bond acceptors (Lipinski definition) is 5. The fourth-order valence-corrected chi connectivity index (χ4v) is 7.45. The molecule has 0 aliphatic carbocycles. The zero-order valence-corrected chi connectivity index (χ0v) is 20.6. The van der Waals surface area contributed by atoms with Crippen molar-refractivity contribution < 1.29 is 16.8 Å². The molecule has 3 rings (SSSR count). The number of nitrogens with one attached hydrogen (secondary N) is 1. The molecule has 7 nitrogen and oxygen atoms in total. The van der Waals surface area contributed by atoms with Crippen LogP contribution in [0.1, 0.15) is 13.8 Å². The van der Waals surface area contributed by atoms with E-state index in [1.54, 1.807) is 74.5 Å². The lowest BCUT2D eigenvalue weighted by Gasteiger charge is -2.37. The maximum atomic E-state index is 13.6. The molecule has 0 unspecified atom stereocenters. The molecule has 9 heteroatoms. The molecule has 33 heavy (non-hydrogen) atoms. The molecule has 2 aromatic carbocycles. The molecule has 2 atom stereocenters. The molecule has 1 aliphatic heterocycles. The number of benzene rings is 2. The van der Waals surface area contributed by atoms with Crippen molar-refractivity contribution in [2.45, 2.75) is 35.7 Å². The summed E-state index contributed by atoms with van der Waals surface area (Å²) >= 11 is 0. The van der Waals surface area contributed by atoms with Gasteiger partial charge in [-0.1, -0.05) is 60.7 Å². The fourth-order valence-electron chi connectivity index (χ4n) is 3.99. The van der Waals surface area contributed by atoms with Crippen LogP contribution in [-0.2, 0) is 20.0 Å². The number of sulfonamides is 2. The quantitative estimate of drug-likeness (QED) is 0.519. The van der Waals surface area contributed by atoms with E-state index in [4.69, 9.17) is 0 Å². The van der Waals surface area contributed by atoms with Crippen LogP contribution >= 0.6 is 0 Å². The van der Waals surface area contributed by atoms with E-state index in [2.05, 4.69) is 18.5 Å². The Balaban J connectivity index is 2.08. The van der Waals surface area contributed by atoms with Gasteiger partial charge in [0.25, 0.3) is 0 Å². The molecule has 0 aromatic heterocycles. The third-order valence-electron chi connectivity index (χ3n) is 5.44. The first-order chi connectivity index (χ1) is 15.5. The summed E-state index contributed by atoms with van der Waals surface area (Å²) in [4.78, 5) is 0.323. The van der Waals surface area contributed by atoms with Crippen LogP contribution in [0.5, 0.6) is 0 Å². The van der Waals surface area contributed by atoms with E-state index in [1.165, 1.54) is 8.61 Å². The Hall–Kier alpha value is -2.30. The highest BCUT2D eigenvalue weighted by molar-refractivity contribution is 7.89. The molecule has 0 amide bonds. The highest BCUT2D eigenvalue weighted by Crippen LogP contribution is 2.28. The molecule has 178 valence electrons. The van der Waals surface area contributed by atoms with Gasteiger partial charge in [0.1, 0.15) is 0 Å². The molecule has 1 fully saturated rings. The first-order valence-corrected chi connectivity index (χ1v) is 13.6. The Morgan fingerprint density at radius 1 is 0.758 bits per heavy atom. The van der Waals surface area contributed by atoms with Crippen molar-refractivity contribution in [3.63, 3.8) is 0 Å². The van der Waals surface area contributed by atoms with Crippen molar-refractivity contribution in [2.75, 3.05) is 26.2 Å². The predicted molar refractivity (Wildman–Crippen MR) is 131 cm³/mol. The molecule has 1 N–H and O–H groups in total. The van der Waals surface area contributed by atoms with Gasteiger partial charge in [0.15, 0.2) is 0 Å². The zero-order chi connectivity index (χ0) is 24.2. The van der Waals surface area contributed by atoms with Crippen molar-refractivity contribution >= 4 is 20.0 Å². The minimum absolute atomic E-state index is 0.0897. The summed E-state index contributed by atoms with van der Waals surface area (Å²) in [6.07, 6.45) is 0. The lowest BCUT2D eigenvalue weighted by Crippen LogP contribution is -2.55. The van der Waals surface area contributed by atoms with Crippen molar-refractivity contribution in [3.05, 3.63) is 85.0 Å². The highest BCUT2D eigenvalue weighted by atomic mass is 32.2. The smallest absolute Gasteiger partial charge is 0.243 e. The maximum Gasteiger partial charge on any atom is 0.243 e. The summed E-state index contributed by atoms with van der Waals surface area (Å²) in [6, 6.07) is 15.1. The SMILES string of the molecule is C=C(C)CN([C@H]1CNC[C@@H]1N(CC(=C)C)S(=O)(=O)c1ccccc1)S(=O)(=O)c1ccccc1. The molecule has 1 heterocycles. The average Bonchev–Trinajstić information content (AvgIpc) is 3.25. The summed E-state index contributed by atoms with van der Waals surface area (Å²) in [6.45, 7) is 12.2. The Kier molecular flexibility index (Phi) is 7.92. The fraction of sp³-hybridized carbons (Fsp3) is 0.333. The third kappa shape index (κ3) is 5.62. The number of hydrogen-bond donors (Lipinski definition) is 1. The van der Waals surface area contributed by atoms with Gasteiger partial charge in [-0.25, -0.2) is 16.8 Å². The topological polar surface area (TPSA) is 86.8 Å². The molecule has 0 spiro atoms. The minimum Gasteiger partial charge on any atom is -0.313 e. The molecule has 1 aliphatic rings. The van der Waals surface area contributed by atoms with Crippen LogP contribution in [0.25, 0.3) is 0 Å². The van der Waals surface area contributed by atoms with Gasteiger partial charge in [-0.15, -0.1) is 0 Å². The monoisotopic (exact) mass is 489 g/mol. The summed E-state index contributed by atoms with van der Waals surface area (Å²) in [7, 11) is -7.79. The maximum absolute atomic E-state index is 13.6. The van der Waals surface area contributed by atoms with Crippen molar-refractivity contribution in [2.24, 2.45) is 0 Å². The van der Waals surface area contributed by atoms with Gasteiger partial charge in [0.2, 0.25) is 20.0 Å². The van der Waals surface area contributed by atoms with Crippen LogP contribution in [0.3, 0.4) is 0 Å². The van der Waals surface area contributed by atoms with Gasteiger partial charge in [-0.3, -0.25) is 0 Å². The van der Waals surface area contributed by atoms with Crippen LogP contribution in [0, 0.1) is 0 Å². The summed E-state index contributed by atoms with van der Waals surface area (Å²) in [5.41, 5.74) is 1.33. The van der Waals surface area contributed by atoms with Crippen LogP contribution in [0.15, 0.2) is 94.8 Å². The molecular formula is C24H31N3O4S2. The largest absolute Gasteiger partial charge is 0.313 e. The number of rotatable bonds is 10. The molecular weight excluding hydrogens is 458 g/mol. The third-order valence-corrected chi connectivity index (χ3v) is 9.21. The van der Waals surface area contributed by atoms with E-state index < -0.39 is 32.1 Å². The predicted octanol–water partition coefficient (Wildman–Crippen LogP) is 2.86. The standard InChI is InChI=1S/C24H31N3O4S2/c1-19(2)17-26(32(28,29)21-11-7-5-8-12-21)23-15-25-16-24(23)27(18-20(3)4)33(30,31)22-13-9-6-10-14-22/h5-14,23-25H,1,3,15-18H2,2,4H3/t23-,24-/m0/s1. The van der Waals surface area contributed by atoms with Crippen LogP contribution in [-0.4, -0.2) is 63.7 Å². The van der Waals surface area contributed by atoms with Crippen LogP contribution in [0.2, 0.25) is 0 Å². The second-order valence-corrected chi connectivity index (χ2v) is 12.2. The lowest BCUT2D eigenvalue weighted by atomic mass is 10.1. The molecule has 0 saturated carbocycles. The highest BCUT2D eigenvalue weighted by Gasteiger charge is 2.45. The summed E-state index contributed by atoms with van der Waals surface area (Å²) < 4.78 is 57.3. The second kappa shape index (κ2) is 10.3. The molecule has 1 saturated heterocycles. The first kappa shape index (κ1) is 25.3. The van der Waals surface area contributed by atoms with Crippen molar-refractivity contribution in [1.82, 2.24) is 13.9 Å². The van der Waals surface area contributed by atoms with E-state index in [9.17, 15) is 16.8 Å². The van der Waals surface area contributed by atoms with E-state index in [1.807, 2.05) is 0 Å². The zero-order valence-electron chi connectivity index (χ0n) is 19.0. The normalized spacial score (nSPS) is 19.2. The van der Waals surface area contributed by atoms with Crippen LogP contribution < -0.4 is 5.32 Å².